The minimum atomic E-state index is -2.17. The van der Waals surface area contributed by atoms with E-state index >= 15 is 0 Å². The van der Waals surface area contributed by atoms with Gasteiger partial charge in [-0.05, 0) is 0 Å². The molecule has 0 spiro atoms. The first kappa shape index (κ1) is 26.2. The summed E-state index contributed by atoms with van der Waals surface area (Å²) in [4.78, 5) is 0. The van der Waals surface area contributed by atoms with Crippen LogP contribution < -0.4 is 0 Å². The Labute approximate surface area is 120 Å². The minimum Gasteiger partial charge on any atom is -0.346 e. The molecule has 0 unspecified atom stereocenters. The molecule has 6 heteroatoms. The van der Waals surface area contributed by atoms with Gasteiger partial charge in [0.05, 0.1) is 29.1 Å². The van der Waals surface area contributed by atoms with Gasteiger partial charge in [0, 0.05) is 0 Å². The van der Waals surface area contributed by atoms with Crippen LogP contribution in [0, 0.1) is 55.9 Å². The molecule has 0 aliphatic heterocycles. The van der Waals surface area contributed by atoms with Gasteiger partial charge in [0.25, 0.3) is 0 Å². The monoisotopic (exact) mass is 302 g/mol. The Morgan fingerprint density at radius 2 is 0.833 bits per heavy atom. The zero-order valence-electron chi connectivity index (χ0n) is 10.5. The fraction of sp³-hybridized carbons (Fsp3) is 0.250. The fourth-order valence-electron chi connectivity index (χ4n) is 0.495. The summed E-state index contributed by atoms with van der Waals surface area (Å²) >= 11 is 0. The second-order valence-electron chi connectivity index (χ2n) is 1.69. The molecule has 0 amide bonds. The average Bonchev–Trinajstić information content (AvgIpc) is 2.41. The van der Waals surface area contributed by atoms with Crippen molar-refractivity contribution in [3.8, 4) is 0 Å². The Kier molecular flexibility index (Phi) is 24.1. The minimum absolute atomic E-state index is 0. The first-order valence-electron chi connectivity index (χ1n) is 4.57. The third-order valence-electron chi connectivity index (χ3n) is 0.990. The summed E-state index contributed by atoms with van der Waals surface area (Å²) in [7, 11) is 0. The van der Waals surface area contributed by atoms with Crippen LogP contribution in [0.4, 0.5) is 22.0 Å². The second kappa shape index (κ2) is 16.6. The number of halogens is 5. The summed E-state index contributed by atoms with van der Waals surface area (Å²) in [6.45, 7) is 15.0. The third-order valence-corrected chi connectivity index (χ3v) is 0.990. The Bertz CT molecular complexity index is 277. The van der Waals surface area contributed by atoms with Crippen LogP contribution in [-0.4, -0.2) is 0 Å². The van der Waals surface area contributed by atoms with Gasteiger partial charge in [-0.15, -0.1) is 6.07 Å². The van der Waals surface area contributed by atoms with Gasteiger partial charge in [0.15, 0.2) is 0 Å². The largest absolute Gasteiger partial charge is 4.00 e. The number of benzene rings is 1. The maximum Gasteiger partial charge on any atom is 4.00 e. The van der Waals surface area contributed by atoms with Crippen LogP contribution in [0.1, 0.15) is 20.8 Å². The van der Waals surface area contributed by atoms with E-state index in [4.69, 9.17) is 0 Å². The van der Waals surface area contributed by atoms with Crippen molar-refractivity contribution >= 4 is 0 Å². The molecule has 1 aromatic carbocycles. The smallest absolute Gasteiger partial charge is 0.346 e. The van der Waals surface area contributed by atoms with Crippen molar-refractivity contribution in [1.82, 2.24) is 0 Å². The van der Waals surface area contributed by atoms with Crippen LogP contribution in [-0.2, 0) is 21.7 Å². The van der Waals surface area contributed by atoms with Crippen molar-refractivity contribution in [2.45, 2.75) is 20.8 Å². The predicted octanol–water partition coefficient (Wildman–Crippen LogP) is 4.70. The van der Waals surface area contributed by atoms with Gasteiger partial charge in [0.2, 0.25) is 0 Å². The summed E-state index contributed by atoms with van der Waals surface area (Å²) in [5.41, 5.74) is 0. The second-order valence-corrected chi connectivity index (χ2v) is 1.69. The maximum atomic E-state index is 12.0. The molecular weight excluding hydrogens is 287 g/mol. The molecule has 0 atom stereocenters. The Morgan fingerprint density at radius 3 is 1.06 bits per heavy atom. The van der Waals surface area contributed by atoms with E-state index in [1.807, 2.05) is 0 Å². The molecule has 0 N–H and O–H groups in total. The van der Waals surface area contributed by atoms with E-state index in [2.05, 4.69) is 20.8 Å². The SMILES string of the molecule is Fc1[c-]c(F)c(F)c(F)c1F.[CH2-]C.[CH2-]C.[CH2-]C.[Ti+4]. The van der Waals surface area contributed by atoms with Crippen molar-refractivity contribution in [2.75, 3.05) is 0 Å². The van der Waals surface area contributed by atoms with Crippen molar-refractivity contribution in [2.24, 2.45) is 0 Å². The van der Waals surface area contributed by atoms with Crippen LogP contribution in [0.15, 0.2) is 0 Å². The molecule has 102 valence electrons. The van der Waals surface area contributed by atoms with Crippen molar-refractivity contribution in [3.05, 3.63) is 55.9 Å². The molecule has 0 radical (unpaired) electrons. The quantitative estimate of drug-likeness (QED) is 0.214. The van der Waals surface area contributed by atoms with Crippen LogP contribution in [0.2, 0.25) is 0 Å². The normalized spacial score (nSPS) is 7.28. The molecule has 0 nitrogen and oxygen atoms in total. The molecule has 0 bridgehead atoms. The van der Waals surface area contributed by atoms with Gasteiger partial charge >= 0.3 is 21.7 Å². The average molecular weight is 302 g/mol. The van der Waals surface area contributed by atoms with E-state index < -0.39 is 29.1 Å². The molecule has 1 rings (SSSR count). The van der Waals surface area contributed by atoms with Gasteiger partial charge in [-0.25, -0.2) is 13.2 Å². The molecule has 0 aliphatic rings. The molecule has 0 aliphatic carbocycles. The standard InChI is InChI=1S/C6F5.3C2H5.Ti/c7-2-1-3(8)5(10)6(11)4(2)9;3*1-2;/h;3*1H2,2H3;/q4*-1;+4. The molecule has 0 heterocycles. The number of rotatable bonds is 0. The molecule has 0 aromatic heterocycles. The third kappa shape index (κ3) is 8.64. The zero-order valence-corrected chi connectivity index (χ0v) is 12.1. The van der Waals surface area contributed by atoms with Gasteiger partial charge in [-0.2, -0.15) is 20.8 Å². The summed E-state index contributed by atoms with van der Waals surface area (Å²) in [6, 6.07) is 1.02. The van der Waals surface area contributed by atoms with E-state index in [9.17, 15) is 22.0 Å². The first-order chi connectivity index (χ1) is 8.04. The van der Waals surface area contributed by atoms with E-state index in [0.29, 0.717) is 0 Å². The summed E-state index contributed by atoms with van der Waals surface area (Å²) in [6.07, 6.45) is 0. The van der Waals surface area contributed by atoms with Crippen LogP contribution in [0.3, 0.4) is 0 Å². The van der Waals surface area contributed by atoms with E-state index in [-0.39, 0.29) is 21.7 Å². The first-order valence-corrected chi connectivity index (χ1v) is 4.57. The Hall–Kier alpha value is -0.416. The molecule has 0 saturated heterocycles. The number of hydrogen-bond donors (Lipinski definition) is 0. The Balaban J connectivity index is -0.000000123. The van der Waals surface area contributed by atoms with Crippen molar-refractivity contribution in [3.63, 3.8) is 0 Å². The Morgan fingerprint density at radius 1 is 0.611 bits per heavy atom. The van der Waals surface area contributed by atoms with E-state index in [1.54, 1.807) is 20.8 Å². The molecule has 0 saturated carbocycles. The molecule has 18 heavy (non-hydrogen) atoms. The van der Waals surface area contributed by atoms with Crippen LogP contribution in [0.5, 0.6) is 0 Å². The topological polar surface area (TPSA) is 0 Å². The van der Waals surface area contributed by atoms with Gasteiger partial charge in [-0.1, -0.05) is 0 Å². The van der Waals surface area contributed by atoms with Gasteiger partial charge < -0.3 is 20.8 Å². The molecule has 0 fully saturated rings. The maximum absolute atomic E-state index is 12.0. The van der Waals surface area contributed by atoms with Crippen LogP contribution >= 0.6 is 0 Å². The number of hydrogen-bond acceptors (Lipinski definition) is 0. The van der Waals surface area contributed by atoms with Crippen molar-refractivity contribution in [1.29, 1.82) is 0 Å². The summed E-state index contributed by atoms with van der Waals surface area (Å²) < 4.78 is 59.9. The van der Waals surface area contributed by atoms with E-state index in [0.717, 1.165) is 6.07 Å². The van der Waals surface area contributed by atoms with Crippen LogP contribution in [0.25, 0.3) is 0 Å². The summed E-state index contributed by atoms with van der Waals surface area (Å²) in [5, 5.41) is 0. The van der Waals surface area contributed by atoms with Gasteiger partial charge in [-0.3, -0.25) is 8.78 Å². The van der Waals surface area contributed by atoms with Crippen molar-refractivity contribution < 1.29 is 43.7 Å². The zero-order chi connectivity index (χ0) is 14.6. The molecular formula is C12H15F5Ti. The fourth-order valence-corrected chi connectivity index (χ4v) is 0.495. The van der Waals surface area contributed by atoms with Gasteiger partial charge in [0.1, 0.15) is 0 Å². The summed E-state index contributed by atoms with van der Waals surface area (Å²) in [5.74, 6) is -10.0. The predicted molar refractivity (Wildman–Crippen MR) is 58.2 cm³/mol. The molecule has 1 aromatic rings. The van der Waals surface area contributed by atoms with E-state index in [1.165, 1.54) is 0 Å².